The molecule has 0 aromatic carbocycles. The van der Waals surface area contributed by atoms with E-state index in [9.17, 15) is 0 Å². The summed E-state index contributed by atoms with van der Waals surface area (Å²) in [6.07, 6.45) is -1.27. The number of rotatable bonds is 0. The molecule has 0 aliphatic carbocycles. The second kappa shape index (κ2) is 14.9. The van der Waals surface area contributed by atoms with E-state index in [-0.39, 0.29) is 6.47 Å². The molecule has 0 amide bonds. The lowest BCUT2D eigenvalue weighted by molar-refractivity contribution is -0.134. The average molecular weight is 220 g/mol. The van der Waals surface area contributed by atoms with E-state index in [1.165, 1.54) is 0 Å². The number of carbonyl (C=O) groups is 2. The summed E-state index contributed by atoms with van der Waals surface area (Å²) in [6, 6.07) is 0. The van der Waals surface area contributed by atoms with E-state index >= 15 is 0 Å². The number of carboxylic acid groups (broad SMARTS) is 2. The number of hydrogen-bond donors (Lipinski definition) is 4. The first-order valence-corrected chi connectivity index (χ1v) is 3.92. The number of aliphatic hydroxyl groups is 2. The maximum absolute atomic E-state index is 9.00. The molecule has 2 unspecified atom stereocenters. The van der Waals surface area contributed by atoms with Crippen molar-refractivity contribution in [2.45, 2.75) is 33.0 Å². The predicted molar refractivity (Wildman–Crippen MR) is 53.1 cm³/mol. The highest BCUT2D eigenvalue weighted by Crippen LogP contribution is 1.76. The molecule has 2 atom stereocenters. The molecule has 15 heavy (non-hydrogen) atoms. The third kappa shape index (κ3) is 115. The van der Waals surface area contributed by atoms with Crippen LogP contribution in [0.3, 0.4) is 0 Å². The first-order valence-electron chi connectivity index (χ1n) is 3.92. The Labute approximate surface area is 88.2 Å². The lowest BCUT2D eigenvalue weighted by atomic mass is 10.3. The van der Waals surface area contributed by atoms with Gasteiger partial charge >= 0.3 is 0 Å². The molecular weight excluding hydrogens is 204 g/mol. The van der Waals surface area contributed by atoms with Crippen molar-refractivity contribution in [1.29, 1.82) is 0 Å². The zero-order chi connectivity index (χ0) is 12.9. The zero-order valence-corrected chi connectivity index (χ0v) is 8.84. The van der Waals surface area contributed by atoms with Gasteiger partial charge in [-0.15, -0.1) is 0 Å². The van der Waals surface area contributed by atoms with Crippen LogP contribution in [0, 0.1) is 11.8 Å². The van der Waals surface area contributed by atoms with E-state index in [0.29, 0.717) is 0 Å². The van der Waals surface area contributed by atoms with E-state index < -0.39 is 18.2 Å². The molecule has 6 nitrogen and oxygen atoms in total. The van der Waals surface area contributed by atoms with Gasteiger partial charge in [-0.25, -0.2) is 0 Å². The van der Waals surface area contributed by atoms with E-state index in [2.05, 4.69) is 11.8 Å². The Morgan fingerprint density at radius 3 is 1.40 bits per heavy atom. The van der Waals surface area contributed by atoms with Crippen molar-refractivity contribution in [3.8, 4) is 11.8 Å². The van der Waals surface area contributed by atoms with Gasteiger partial charge in [-0.3, -0.25) is 9.59 Å². The SMILES string of the molecule is CC(=O)O.CC(O)C#CC(C)O.O=CO. The first kappa shape index (κ1) is 19.1. The molecule has 6 heteroatoms. The highest BCUT2D eigenvalue weighted by molar-refractivity contribution is 5.62. The van der Waals surface area contributed by atoms with E-state index in [1.54, 1.807) is 13.8 Å². The van der Waals surface area contributed by atoms with Crippen molar-refractivity contribution in [1.82, 2.24) is 0 Å². The summed E-state index contributed by atoms with van der Waals surface area (Å²) < 4.78 is 0. The van der Waals surface area contributed by atoms with E-state index in [0.717, 1.165) is 6.92 Å². The Bertz CT molecular complexity index is 194. The average Bonchev–Trinajstić information content (AvgIpc) is 2.01. The summed E-state index contributed by atoms with van der Waals surface area (Å²) in [4.78, 5) is 17.4. The highest BCUT2D eigenvalue weighted by Gasteiger charge is 1.85. The minimum Gasteiger partial charge on any atom is -0.483 e. The van der Waals surface area contributed by atoms with Crippen LogP contribution in [0.25, 0.3) is 0 Å². The molecule has 0 heterocycles. The van der Waals surface area contributed by atoms with Gasteiger partial charge in [0.05, 0.1) is 0 Å². The smallest absolute Gasteiger partial charge is 0.300 e. The second-order valence-electron chi connectivity index (χ2n) is 2.27. The van der Waals surface area contributed by atoms with Gasteiger partial charge in [0.25, 0.3) is 12.4 Å². The molecule has 0 saturated heterocycles. The molecule has 0 spiro atoms. The van der Waals surface area contributed by atoms with Crippen LogP contribution in [-0.2, 0) is 9.59 Å². The summed E-state index contributed by atoms with van der Waals surface area (Å²) in [7, 11) is 0. The fourth-order valence-corrected chi connectivity index (χ4v) is 0.241. The minimum atomic E-state index is -0.833. The van der Waals surface area contributed by atoms with Crippen LogP contribution in [-0.4, -0.2) is 45.1 Å². The highest BCUT2D eigenvalue weighted by atomic mass is 16.4. The number of carboxylic acids is 1. The molecule has 88 valence electrons. The predicted octanol–water partition coefficient (Wildman–Crippen LogP) is -0.457. The maximum Gasteiger partial charge on any atom is 0.300 e. The van der Waals surface area contributed by atoms with Crippen LogP contribution in [0.15, 0.2) is 0 Å². The topological polar surface area (TPSA) is 115 Å². The Morgan fingerprint density at radius 1 is 1.20 bits per heavy atom. The second-order valence-corrected chi connectivity index (χ2v) is 2.27. The van der Waals surface area contributed by atoms with Crippen LogP contribution in [0.5, 0.6) is 0 Å². The normalized spacial score (nSPS) is 11.0. The molecule has 0 bridgehead atoms. The quantitative estimate of drug-likeness (QED) is 0.324. The summed E-state index contributed by atoms with van der Waals surface area (Å²) in [5.74, 6) is 3.97. The summed E-state index contributed by atoms with van der Waals surface area (Å²) >= 11 is 0. The van der Waals surface area contributed by atoms with E-state index in [1.807, 2.05) is 0 Å². The standard InChI is InChI=1S/C6H10O2.C2H4O2.CH2O2/c1-5(7)3-4-6(2)8;1-2(3)4;2-1-3/h5-8H,1-2H3;1H3,(H,3,4);1H,(H,2,3). The molecule has 0 aliphatic rings. The summed E-state index contributed by atoms with van der Waals surface area (Å²) in [5, 5.41) is 31.3. The molecule has 0 aromatic heterocycles. The third-order valence-corrected chi connectivity index (χ3v) is 0.501. The van der Waals surface area contributed by atoms with Crippen LogP contribution >= 0.6 is 0 Å². The van der Waals surface area contributed by atoms with Gasteiger partial charge in [0, 0.05) is 6.92 Å². The number of hydrogen-bond acceptors (Lipinski definition) is 4. The number of aliphatic carboxylic acids is 1. The molecule has 0 saturated carbocycles. The maximum atomic E-state index is 9.00. The Morgan fingerprint density at radius 2 is 1.33 bits per heavy atom. The lowest BCUT2D eigenvalue weighted by Crippen LogP contribution is -1.98. The lowest BCUT2D eigenvalue weighted by Gasteiger charge is -1.89. The van der Waals surface area contributed by atoms with Gasteiger partial charge < -0.3 is 20.4 Å². The van der Waals surface area contributed by atoms with Crippen LogP contribution in [0.1, 0.15) is 20.8 Å². The zero-order valence-electron chi connectivity index (χ0n) is 8.84. The van der Waals surface area contributed by atoms with Crippen molar-refractivity contribution in [2.24, 2.45) is 0 Å². The van der Waals surface area contributed by atoms with Gasteiger partial charge in [0.1, 0.15) is 12.2 Å². The molecular formula is C9H16O6. The van der Waals surface area contributed by atoms with Crippen molar-refractivity contribution in [2.75, 3.05) is 0 Å². The molecule has 0 fully saturated rings. The van der Waals surface area contributed by atoms with Gasteiger partial charge in [0.2, 0.25) is 0 Å². The van der Waals surface area contributed by atoms with Crippen LogP contribution in [0.4, 0.5) is 0 Å². The van der Waals surface area contributed by atoms with Gasteiger partial charge in [-0.2, -0.15) is 0 Å². The fraction of sp³-hybridized carbons (Fsp3) is 0.556. The molecule has 0 radical (unpaired) electrons. The van der Waals surface area contributed by atoms with Gasteiger partial charge in [-0.05, 0) is 13.8 Å². The van der Waals surface area contributed by atoms with Gasteiger partial charge in [-0.1, -0.05) is 11.8 Å². The van der Waals surface area contributed by atoms with Crippen LogP contribution < -0.4 is 0 Å². The first-order chi connectivity index (χ1) is 6.77. The Kier molecular flexibility index (Phi) is 19.0. The largest absolute Gasteiger partial charge is 0.483 e. The number of aliphatic hydroxyl groups excluding tert-OH is 2. The molecule has 0 rings (SSSR count). The van der Waals surface area contributed by atoms with Crippen molar-refractivity contribution in [3.63, 3.8) is 0 Å². The molecule has 4 N–H and O–H groups in total. The van der Waals surface area contributed by atoms with Crippen LogP contribution in [0.2, 0.25) is 0 Å². The molecule has 0 aromatic rings. The summed E-state index contributed by atoms with van der Waals surface area (Å²) in [6.45, 7) is 3.94. The Balaban J connectivity index is -0.000000173. The Hall–Kier alpha value is -1.58. The van der Waals surface area contributed by atoms with E-state index in [4.69, 9.17) is 30.0 Å². The van der Waals surface area contributed by atoms with Gasteiger partial charge in [0.15, 0.2) is 0 Å². The minimum absolute atomic E-state index is 0.250. The van der Waals surface area contributed by atoms with Crippen molar-refractivity contribution in [3.05, 3.63) is 0 Å². The third-order valence-electron chi connectivity index (χ3n) is 0.501. The van der Waals surface area contributed by atoms with Crippen molar-refractivity contribution >= 4 is 12.4 Å². The molecule has 0 aliphatic heterocycles. The fourth-order valence-electron chi connectivity index (χ4n) is 0.241. The summed E-state index contributed by atoms with van der Waals surface area (Å²) in [5.41, 5.74) is 0. The van der Waals surface area contributed by atoms with Crippen molar-refractivity contribution < 1.29 is 30.0 Å². The monoisotopic (exact) mass is 220 g/mol.